The van der Waals surface area contributed by atoms with Gasteiger partial charge in [0.15, 0.2) is 0 Å². The summed E-state index contributed by atoms with van der Waals surface area (Å²) in [4.78, 5) is 12.9. The second-order valence-corrected chi connectivity index (χ2v) is 6.68. The molecule has 128 valence electrons. The Kier molecular flexibility index (Phi) is 4.89. The van der Waals surface area contributed by atoms with Crippen molar-refractivity contribution in [2.24, 2.45) is 0 Å². The van der Waals surface area contributed by atoms with Crippen LogP contribution in [0.1, 0.15) is 26.3 Å². The van der Waals surface area contributed by atoms with Crippen molar-refractivity contribution in [3.63, 3.8) is 0 Å². The number of ether oxygens (including phenoxy) is 1. The average Bonchev–Trinajstić information content (AvgIpc) is 2.72. The van der Waals surface area contributed by atoms with Gasteiger partial charge in [-0.05, 0) is 38.5 Å². The van der Waals surface area contributed by atoms with E-state index in [4.69, 9.17) is 4.74 Å². The lowest BCUT2D eigenvalue weighted by Gasteiger charge is -2.24. The molecular weight excluding hydrogens is 309 g/mol. The van der Waals surface area contributed by atoms with Crippen LogP contribution in [0.4, 0.5) is 18.0 Å². The van der Waals surface area contributed by atoms with Crippen molar-refractivity contribution >= 4 is 6.09 Å². The predicted molar refractivity (Wildman–Crippen MR) is 79.8 cm³/mol. The zero-order valence-corrected chi connectivity index (χ0v) is 13.4. The first-order valence-corrected chi connectivity index (χ1v) is 7.40. The highest BCUT2D eigenvalue weighted by Crippen LogP contribution is 2.29. The average molecular weight is 330 g/mol. The van der Waals surface area contributed by atoms with Crippen molar-refractivity contribution in [2.45, 2.75) is 44.9 Å². The molecule has 1 atom stereocenters. The molecule has 1 N–H and O–H groups in total. The number of carbonyl (C=O) groups is 1. The first-order chi connectivity index (χ1) is 10.6. The Morgan fingerprint density at radius 1 is 1.35 bits per heavy atom. The fraction of sp³-hybridized carbons (Fsp3) is 0.562. The minimum atomic E-state index is -3.04. The SMILES string of the molecule is CC(C)(C)OC(=O)N1CC(NCc2ccc(F)cc2)C(F)(F)C1. The summed E-state index contributed by atoms with van der Waals surface area (Å²) in [5.74, 6) is -3.42. The maximum Gasteiger partial charge on any atom is 0.410 e. The largest absolute Gasteiger partial charge is 0.444 e. The van der Waals surface area contributed by atoms with Crippen LogP contribution in [-0.2, 0) is 11.3 Å². The van der Waals surface area contributed by atoms with Gasteiger partial charge in [-0.1, -0.05) is 12.1 Å². The number of nitrogens with one attached hydrogen (secondary N) is 1. The number of alkyl halides is 2. The highest BCUT2D eigenvalue weighted by atomic mass is 19.3. The third-order valence-electron chi connectivity index (χ3n) is 3.43. The van der Waals surface area contributed by atoms with Crippen molar-refractivity contribution < 1.29 is 22.7 Å². The van der Waals surface area contributed by atoms with Gasteiger partial charge in [0.25, 0.3) is 5.92 Å². The van der Waals surface area contributed by atoms with Gasteiger partial charge in [0.1, 0.15) is 11.4 Å². The third kappa shape index (κ3) is 4.86. The van der Waals surface area contributed by atoms with Crippen LogP contribution in [0.5, 0.6) is 0 Å². The number of amides is 1. The minimum Gasteiger partial charge on any atom is -0.444 e. The molecule has 23 heavy (non-hydrogen) atoms. The first-order valence-electron chi connectivity index (χ1n) is 7.40. The standard InChI is InChI=1S/C16H21F3N2O2/c1-15(2,3)23-14(22)21-9-13(16(18,19)10-21)20-8-11-4-6-12(17)7-5-11/h4-7,13,20H,8-10H2,1-3H3. The van der Waals surface area contributed by atoms with Gasteiger partial charge in [0.2, 0.25) is 0 Å². The number of hydrogen-bond donors (Lipinski definition) is 1. The van der Waals surface area contributed by atoms with Crippen LogP contribution in [0, 0.1) is 5.82 Å². The lowest BCUT2D eigenvalue weighted by molar-refractivity contribution is -0.0166. The first kappa shape index (κ1) is 17.6. The molecule has 1 aliphatic rings. The summed E-state index contributed by atoms with van der Waals surface area (Å²) in [6.45, 7) is 4.41. The molecule has 1 fully saturated rings. The highest BCUT2D eigenvalue weighted by molar-refractivity contribution is 5.68. The van der Waals surface area contributed by atoms with E-state index in [1.807, 2.05) is 0 Å². The number of rotatable bonds is 3. The predicted octanol–water partition coefficient (Wildman–Crippen LogP) is 3.17. The van der Waals surface area contributed by atoms with Gasteiger partial charge in [-0.25, -0.2) is 18.0 Å². The molecule has 1 saturated heterocycles. The minimum absolute atomic E-state index is 0.136. The van der Waals surface area contributed by atoms with Gasteiger partial charge in [-0.15, -0.1) is 0 Å². The molecule has 1 heterocycles. The van der Waals surface area contributed by atoms with E-state index in [-0.39, 0.29) is 18.9 Å². The van der Waals surface area contributed by atoms with Crippen molar-refractivity contribution in [1.29, 1.82) is 0 Å². The molecule has 0 aliphatic carbocycles. The number of likely N-dealkylation sites (tertiary alicyclic amines) is 1. The van der Waals surface area contributed by atoms with Gasteiger partial charge in [-0.2, -0.15) is 0 Å². The molecule has 1 aromatic rings. The molecular formula is C16H21F3N2O2. The van der Waals surface area contributed by atoms with Crippen LogP contribution < -0.4 is 5.32 Å². The molecule has 7 heteroatoms. The zero-order chi connectivity index (χ0) is 17.3. The Hall–Kier alpha value is -1.76. The Morgan fingerprint density at radius 3 is 2.52 bits per heavy atom. The smallest absolute Gasteiger partial charge is 0.410 e. The molecule has 0 aromatic heterocycles. The van der Waals surface area contributed by atoms with Crippen molar-refractivity contribution in [3.8, 4) is 0 Å². The summed E-state index contributed by atoms with van der Waals surface area (Å²) in [6.07, 6.45) is -0.747. The van der Waals surface area contributed by atoms with Crippen LogP contribution >= 0.6 is 0 Å². The van der Waals surface area contributed by atoms with Crippen molar-refractivity contribution in [1.82, 2.24) is 10.2 Å². The highest BCUT2D eigenvalue weighted by Gasteiger charge is 2.50. The number of nitrogens with zero attached hydrogens (tertiary/aromatic N) is 1. The normalized spacial score (nSPS) is 20.6. The molecule has 1 amide bonds. The van der Waals surface area contributed by atoms with E-state index in [1.165, 1.54) is 24.3 Å². The monoisotopic (exact) mass is 330 g/mol. The molecule has 2 rings (SSSR count). The fourth-order valence-corrected chi connectivity index (χ4v) is 2.31. The number of carbonyl (C=O) groups excluding carboxylic acids is 1. The van der Waals surface area contributed by atoms with E-state index in [9.17, 15) is 18.0 Å². The summed E-state index contributed by atoms with van der Waals surface area (Å²) in [7, 11) is 0. The summed E-state index contributed by atoms with van der Waals surface area (Å²) >= 11 is 0. The van der Waals surface area contributed by atoms with E-state index in [0.29, 0.717) is 5.56 Å². The van der Waals surface area contributed by atoms with Crippen molar-refractivity contribution in [2.75, 3.05) is 13.1 Å². The summed E-state index contributed by atoms with van der Waals surface area (Å²) in [6, 6.07) is 4.44. The topological polar surface area (TPSA) is 41.6 Å². The van der Waals surface area contributed by atoms with Gasteiger partial charge >= 0.3 is 6.09 Å². The number of halogens is 3. The molecule has 0 spiro atoms. The van der Waals surface area contributed by atoms with Crippen LogP contribution in [-0.4, -0.2) is 41.6 Å². The Labute approximate surface area is 133 Å². The second-order valence-electron chi connectivity index (χ2n) is 6.68. The van der Waals surface area contributed by atoms with Gasteiger partial charge in [0.05, 0.1) is 12.6 Å². The summed E-state index contributed by atoms with van der Waals surface area (Å²) in [5, 5.41) is 2.73. The van der Waals surface area contributed by atoms with Crippen LogP contribution in [0.2, 0.25) is 0 Å². The van der Waals surface area contributed by atoms with Gasteiger partial charge in [0, 0.05) is 13.1 Å². The van der Waals surface area contributed by atoms with E-state index in [2.05, 4.69) is 5.32 Å². The maximum absolute atomic E-state index is 14.0. The van der Waals surface area contributed by atoms with Crippen molar-refractivity contribution in [3.05, 3.63) is 35.6 Å². The molecule has 0 saturated carbocycles. The van der Waals surface area contributed by atoms with E-state index >= 15 is 0 Å². The molecule has 4 nitrogen and oxygen atoms in total. The van der Waals surface area contributed by atoms with Crippen LogP contribution in [0.3, 0.4) is 0 Å². The maximum atomic E-state index is 14.0. The van der Waals surface area contributed by atoms with Gasteiger partial charge in [-0.3, -0.25) is 0 Å². The van der Waals surface area contributed by atoms with E-state index in [1.54, 1.807) is 20.8 Å². The van der Waals surface area contributed by atoms with Gasteiger partial charge < -0.3 is 15.0 Å². The lowest BCUT2D eigenvalue weighted by Crippen LogP contribution is -2.43. The Morgan fingerprint density at radius 2 is 1.96 bits per heavy atom. The Bertz CT molecular complexity index is 555. The lowest BCUT2D eigenvalue weighted by atomic mass is 10.1. The molecule has 1 aliphatic heterocycles. The zero-order valence-electron chi connectivity index (χ0n) is 13.4. The summed E-state index contributed by atoms with van der Waals surface area (Å²) in [5.41, 5.74) is -0.0376. The third-order valence-corrected chi connectivity index (χ3v) is 3.43. The molecule has 0 radical (unpaired) electrons. The summed E-state index contributed by atoms with van der Waals surface area (Å²) < 4.78 is 46.0. The molecule has 1 unspecified atom stereocenters. The fourth-order valence-electron chi connectivity index (χ4n) is 2.31. The number of benzene rings is 1. The Balaban J connectivity index is 1.94. The van der Waals surface area contributed by atoms with Crippen LogP contribution in [0.25, 0.3) is 0 Å². The quantitative estimate of drug-likeness (QED) is 0.925. The van der Waals surface area contributed by atoms with Crippen LogP contribution in [0.15, 0.2) is 24.3 Å². The molecule has 1 aromatic carbocycles. The molecule has 0 bridgehead atoms. The van der Waals surface area contributed by atoms with E-state index < -0.39 is 30.2 Å². The van der Waals surface area contributed by atoms with E-state index in [0.717, 1.165) is 4.90 Å². The second kappa shape index (κ2) is 6.39. The number of hydrogen-bond acceptors (Lipinski definition) is 3.